The lowest BCUT2D eigenvalue weighted by molar-refractivity contribution is -0.140. The van der Waals surface area contributed by atoms with Gasteiger partial charge in [0.15, 0.2) is 27.8 Å². The van der Waals surface area contributed by atoms with Crippen molar-refractivity contribution in [2.45, 2.75) is 54.0 Å². The average molecular weight is 609 g/mol. The molecule has 4 rings (SSSR count). The zero-order chi connectivity index (χ0) is 31.3. The number of allylic oxidation sites excluding steroid dienone is 1. The Hall–Kier alpha value is -4.05. The number of aromatic nitrogens is 1. The van der Waals surface area contributed by atoms with Crippen LogP contribution in [0, 0.1) is 11.8 Å². The number of thiazole rings is 1. The van der Waals surface area contributed by atoms with Gasteiger partial charge in [-0.25, -0.2) is 9.79 Å². The molecule has 0 spiro atoms. The van der Waals surface area contributed by atoms with Gasteiger partial charge in [-0.3, -0.25) is 9.36 Å². The molecule has 1 unspecified atom stereocenters. The molecule has 3 aromatic rings. The van der Waals surface area contributed by atoms with Gasteiger partial charge in [-0.1, -0.05) is 51.2 Å². The molecule has 1 atom stereocenters. The van der Waals surface area contributed by atoms with Gasteiger partial charge in [0.1, 0.15) is 0 Å². The third kappa shape index (κ3) is 7.30. The number of carbonyl (C=O) groups excluding carboxylic acids is 1. The number of ether oxygens (including phenoxy) is 4. The molecule has 1 aromatic heterocycles. The maximum absolute atomic E-state index is 14.0. The van der Waals surface area contributed by atoms with Crippen LogP contribution in [0.15, 0.2) is 57.5 Å². The number of nitrogens with zero attached hydrogens (tertiary/aromatic N) is 2. The number of esters is 1. The highest BCUT2D eigenvalue weighted by molar-refractivity contribution is 7.07. The number of methoxy groups -OCH3 is 1. The van der Waals surface area contributed by atoms with E-state index >= 15 is 0 Å². The van der Waals surface area contributed by atoms with Crippen molar-refractivity contribution in [2.24, 2.45) is 16.8 Å². The molecule has 0 fully saturated rings. The molecule has 1 N–H and O–H groups in total. The lowest BCUT2D eigenvalue weighted by Gasteiger charge is -2.25. The smallest absolute Gasteiger partial charge is 0.338 e. The number of fused-ring (bicyclic) bond motifs is 1. The van der Waals surface area contributed by atoms with E-state index in [1.807, 2.05) is 32.9 Å². The van der Waals surface area contributed by atoms with Gasteiger partial charge in [-0.15, -0.1) is 0 Å². The highest BCUT2D eigenvalue weighted by Crippen LogP contribution is 2.36. The Morgan fingerprint density at radius 2 is 1.84 bits per heavy atom. The maximum Gasteiger partial charge on any atom is 0.338 e. The summed E-state index contributed by atoms with van der Waals surface area (Å²) in [4.78, 5) is 32.7. The van der Waals surface area contributed by atoms with Crippen LogP contribution in [0.5, 0.6) is 23.0 Å². The molecule has 43 heavy (non-hydrogen) atoms. The largest absolute Gasteiger partial charge is 0.504 e. The first-order valence-corrected chi connectivity index (χ1v) is 15.3. The van der Waals surface area contributed by atoms with Gasteiger partial charge >= 0.3 is 5.97 Å². The maximum atomic E-state index is 14.0. The molecule has 1 aliphatic heterocycles. The second-order valence-electron chi connectivity index (χ2n) is 11.2. The van der Waals surface area contributed by atoms with Crippen molar-refractivity contribution in [3.8, 4) is 23.0 Å². The molecule has 0 aliphatic carbocycles. The molecule has 10 heteroatoms. The summed E-state index contributed by atoms with van der Waals surface area (Å²) >= 11 is 1.22. The SMILES string of the molecule is CCOc1cc(C=c2sc3n(c2=O)C(c2ccc(OCCC(C)C)c(OC)c2)C(C(=O)OCC(C)C)=C(C)N=3)ccc1O. The fraction of sp³-hybridized carbons (Fsp3) is 0.424. The topological polar surface area (TPSA) is 109 Å². The molecule has 0 saturated heterocycles. The Labute approximate surface area is 255 Å². The van der Waals surface area contributed by atoms with Gasteiger partial charge < -0.3 is 24.1 Å². The molecule has 0 bridgehead atoms. The Bertz CT molecular complexity index is 1680. The third-order valence-corrected chi connectivity index (χ3v) is 7.81. The summed E-state index contributed by atoms with van der Waals surface area (Å²) in [7, 11) is 1.56. The van der Waals surface area contributed by atoms with E-state index in [0.29, 0.717) is 68.1 Å². The normalized spacial score (nSPS) is 15.0. The van der Waals surface area contributed by atoms with Gasteiger partial charge in [-0.05, 0) is 73.6 Å². The number of hydrogen-bond acceptors (Lipinski definition) is 9. The van der Waals surface area contributed by atoms with Gasteiger partial charge in [0.05, 0.1) is 48.8 Å². The van der Waals surface area contributed by atoms with Crippen molar-refractivity contribution in [1.82, 2.24) is 4.57 Å². The Balaban J connectivity index is 1.86. The van der Waals surface area contributed by atoms with Gasteiger partial charge in [-0.2, -0.15) is 0 Å². The quantitative estimate of drug-likeness (QED) is 0.289. The monoisotopic (exact) mass is 608 g/mol. The summed E-state index contributed by atoms with van der Waals surface area (Å²) in [5.41, 5.74) is 1.80. The first kappa shape index (κ1) is 31.9. The predicted molar refractivity (Wildman–Crippen MR) is 167 cm³/mol. The van der Waals surface area contributed by atoms with Crippen LogP contribution >= 0.6 is 11.3 Å². The Morgan fingerprint density at radius 3 is 2.51 bits per heavy atom. The van der Waals surface area contributed by atoms with Gasteiger partial charge in [0.2, 0.25) is 0 Å². The molecule has 230 valence electrons. The van der Waals surface area contributed by atoms with Crippen LogP contribution in [0.25, 0.3) is 6.08 Å². The van der Waals surface area contributed by atoms with E-state index in [2.05, 4.69) is 18.8 Å². The van der Waals surface area contributed by atoms with E-state index in [9.17, 15) is 14.7 Å². The fourth-order valence-corrected chi connectivity index (χ4v) is 5.69. The van der Waals surface area contributed by atoms with Crippen molar-refractivity contribution < 1.29 is 28.8 Å². The number of aromatic hydroxyl groups is 1. The standard InChI is InChI=1S/C33H40N2O7S/c1-8-40-26-15-22(9-11-24(26)36)16-28-31(37)35-30(23-10-12-25(27(17-23)39-7)41-14-13-19(2)3)29(21(6)34-33(35)43-28)32(38)42-18-20(4)5/h9-12,15-17,19-20,30,36H,8,13-14,18H2,1-7H3. The number of phenolic OH excluding ortho intramolecular Hbond substituents is 1. The Morgan fingerprint density at radius 1 is 1.07 bits per heavy atom. The van der Waals surface area contributed by atoms with Crippen molar-refractivity contribution in [3.05, 3.63) is 78.5 Å². The van der Waals surface area contributed by atoms with Crippen molar-refractivity contribution >= 4 is 23.4 Å². The second-order valence-corrected chi connectivity index (χ2v) is 12.2. The number of phenols is 1. The van der Waals surface area contributed by atoms with Crippen LogP contribution in [0.2, 0.25) is 0 Å². The predicted octanol–water partition coefficient (Wildman–Crippen LogP) is 4.97. The summed E-state index contributed by atoms with van der Waals surface area (Å²) in [6.07, 6.45) is 2.62. The van der Waals surface area contributed by atoms with E-state index < -0.39 is 12.0 Å². The average Bonchev–Trinajstić information content (AvgIpc) is 3.26. The first-order valence-electron chi connectivity index (χ1n) is 14.5. The highest BCUT2D eigenvalue weighted by atomic mass is 32.1. The van der Waals surface area contributed by atoms with Crippen LogP contribution in [0.3, 0.4) is 0 Å². The molecule has 9 nitrogen and oxygen atoms in total. The molecule has 0 saturated carbocycles. The van der Waals surface area contributed by atoms with Crippen LogP contribution in [-0.2, 0) is 9.53 Å². The van der Waals surface area contributed by atoms with E-state index in [4.69, 9.17) is 18.9 Å². The summed E-state index contributed by atoms with van der Waals surface area (Å²) in [5.74, 6) is 1.54. The summed E-state index contributed by atoms with van der Waals surface area (Å²) in [5, 5.41) is 10.1. The van der Waals surface area contributed by atoms with Crippen LogP contribution in [-0.4, -0.2) is 42.6 Å². The number of carbonyl (C=O) groups is 1. The Kier molecular flexibility index (Phi) is 10.3. The number of benzene rings is 2. The second kappa shape index (κ2) is 13.9. The minimum atomic E-state index is -0.796. The van der Waals surface area contributed by atoms with E-state index in [-0.39, 0.29) is 23.8 Å². The molecule has 2 aromatic carbocycles. The molecular formula is C33H40N2O7S. The van der Waals surface area contributed by atoms with Gasteiger partial charge in [0, 0.05) is 0 Å². The summed E-state index contributed by atoms with van der Waals surface area (Å²) in [6.45, 7) is 12.9. The van der Waals surface area contributed by atoms with Crippen LogP contribution in [0.4, 0.5) is 0 Å². The number of hydrogen-bond donors (Lipinski definition) is 1. The molecule has 0 radical (unpaired) electrons. The van der Waals surface area contributed by atoms with Gasteiger partial charge in [0.25, 0.3) is 5.56 Å². The van der Waals surface area contributed by atoms with E-state index in [1.54, 1.807) is 38.3 Å². The van der Waals surface area contributed by atoms with Crippen molar-refractivity contribution in [3.63, 3.8) is 0 Å². The third-order valence-electron chi connectivity index (χ3n) is 6.83. The number of rotatable bonds is 12. The van der Waals surface area contributed by atoms with Crippen LogP contribution in [0.1, 0.15) is 65.1 Å². The lowest BCUT2D eigenvalue weighted by Crippen LogP contribution is -2.40. The minimum absolute atomic E-state index is 0.0196. The zero-order valence-electron chi connectivity index (χ0n) is 25.8. The lowest BCUT2D eigenvalue weighted by atomic mass is 9.95. The zero-order valence-corrected chi connectivity index (χ0v) is 26.6. The minimum Gasteiger partial charge on any atom is -0.504 e. The fourth-order valence-electron chi connectivity index (χ4n) is 4.64. The van der Waals surface area contributed by atoms with E-state index in [1.165, 1.54) is 22.0 Å². The summed E-state index contributed by atoms with van der Waals surface area (Å²) in [6, 6.07) is 9.57. The van der Waals surface area contributed by atoms with E-state index in [0.717, 1.165) is 6.42 Å². The summed E-state index contributed by atoms with van der Waals surface area (Å²) < 4.78 is 24.8. The molecule has 1 aliphatic rings. The molecule has 0 amide bonds. The van der Waals surface area contributed by atoms with Crippen molar-refractivity contribution in [1.29, 1.82) is 0 Å². The van der Waals surface area contributed by atoms with Crippen LogP contribution < -0.4 is 29.1 Å². The first-order chi connectivity index (χ1) is 20.5. The molecule has 2 heterocycles. The molecular weight excluding hydrogens is 568 g/mol. The highest BCUT2D eigenvalue weighted by Gasteiger charge is 2.34. The van der Waals surface area contributed by atoms with Crippen molar-refractivity contribution in [2.75, 3.05) is 26.9 Å².